The molecule has 1 aliphatic rings. The molecule has 1 rings (SSSR count). The summed E-state index contributed by atoms with van der Waals surface area (Å²) in [5.74, 6) is -1.17. The van der Waals surface area contributed by atoms with Crippen LogP contribution in [0.15, 0.2) is 12.2 Å². The largest absolute Gasteiger partial charge is 0.478 e. The first-order chi connectivity index (χ1) is 6.61. The number of rotatable bonds is 4. The molecule has 0 aromatic carbocycles. The number of amides is 1. The molecule has 4 N–H and O–H groups in total. The highest BCUT2D eigenvalue weighted by atomic mass is 35.5. The quantitative estimate of drug-likeness (QED) is 0.593. The number of carbonyl (C=O) groups is 2. The lowest BCUT2D eigenvalue weighted by Crippen LogP contribution is -2.29. The Hall–Kier alpha value is -1.07. The van der Waals surface area contributed by atoms with Gasteiger partial charge in [0.2, 0.25) is 5.91 Å². The second-order valence-electron chi connectivity index (χ2n) is 3.33. The van der Waals surface area contributed by atoms with E-state index in [2.05, 4.69) is 5.32 Å². The van der Waals surface area contributed by atoms with Crippen molar-refractivity contribution in [1.82, 2.24) is 5.32 Å². The molecule has 1 fully saturated rings. The highest BCUT2D eigenvalue weighted by Gasteiger charge is 2.30. The molecule has 1 amide bonds. The van der Waals surface area contributed by atoms with Crippen molar-refractivity contribution in [2.24, 2.45) is 11.7 Å². The fourth-order valence-corrected chi connectivity index (χ4v) is 1.49. The van der Waals surface area contributed by atoms with Gasteiger partial charge in [0.05, 0.1) is 5.92 Å². The van der Waals surface area contributed by atoms with E-state index in [1.165, 1.54) is 0 Å². The monoisotopic (exact) mass is 234 g/mol. The molecule has 0 aromatic heterocycles. The van der Waals surface area contributed by atoms with Gasteiger partial charge in [0.1, 0.15) is 0 Å². The number of halogens is 1. The van der Waals surface area contributed by atoms with Gasteiger partial charge in [-0.25, -0.2) is 4.79 Å². The number of nitrogens with one attached hydrogen (secondary N) is 1. The van der Waals surface area contributed by atoms with Crippen LogP contribution in [-0.2, 0) is 9.59 Å². The summed E-state index contributed by atoms with van der Waals surface area (Å²) in [6.07, 6.45) is 3.80. The number of carboxylic acids is 1. The van der Waals surface area contributed by atoms with Crippen molar-refractivity contribution in [1.29, 1.82) is 0 Å². The van der Waals surface area contributed by atoms with Crippen molar-refractivity contribution in [2.45, 2.75) is 18.9 Å². The van der Waals surface area contributed by atoms with Gasteiger partial charge in [-0.3, -0.25) is 4.79 Å². The van der Waals surface area contributed by atoms with E-state index in [1.54, 1.807) is 6.08 Å². The molecule has 0 bridgehead atoms. The Morgan fingerprint density at radius 3 is 2.80 bits per heavy atom. The second-order valence-corrected chi connectivity index (χ2v) is 3.33. The summed E-state index contributed by atoms with van der Waals surface area (Å²) in [5.41, 5.74) is 5.69. The summed E-state index contributed by atoms with van der Waals surface area (Å²) in [4.78, 5) is 21.3. The van der Waals surface area contributed by atoms with Gasteiger partial charge in [0, 0.05) is 18.7 Å². The molecule has 0 aliphatic carbocycles. The normalized spacial score (nSPS) is 25.0. The van der Waals surface area contributed by atoms with Gasteiger partial charge in [-0.05, 0) is 12.8 Å². The summed E-state index contributed by atoms with van der Waals surface area (Å²) in [5, 5.41) is 11.0. The Bertz CT molecular complexity index is 268. The Labute approximate surface area is 94.1 Å². The van der Waals surface area contributed by atoms with E-state index in [4.69, 9.17) is 10.8 Å². The lowest BCUT2D eigenvalue weighted by Gasteiger charge is -2.09. The first kappa shape index (κ1) is 13.9. The highest BCUT2D eigenvalue weighted by Crippen LogP contribution is 2.15. The van der Waals surface area contributed by atoms with E-state index in [9.17, 15) is 9.59 Å². The summed E-state index contributed by atoms with van der Waals surface area (Å²) in [6.45, 7) is 0.520. The predicted octanol–water partition coefficient (Wildman–Crippen LogP) is -0.0975. The Morgan fingerprint density at radius 2 is 2.33 bits per heavy atom. The Morgan fingerprint density at radius 1 is 1.67 bits per heavy atom. The molecule has 6 heteroatoms. The van der Waals surface area contributed by atoms with Gasteiger partial charge in [0.15, 0.2) is 0 Å². The second kappa shape index (κ2) is 6.42. The van der Waals surface area contributed by atoms with Gasteiger partial charge in [-0.1, -0.05) is 6.08 Å². The van der Waals surface area contributed by atoms with Crippen LogP contribution in [-0.4, -0.2) is 29.6 Å². The number of carboxylic acid groups (broad SMARTS) is 1. The number of nitrogens with two attached hydrogens (primary N) is 1. The molecule has 15 heavy (non-hydrogen) atoms. The van der Waals surface area contributed by atoms with Gasteiger partial charge < -0.3 is 16.2 Å². The van der Waals surface area contributed by atoms with E-state index < -0.39 is 5.97 Å². The smallest absolute Gasteiger partial charge is 0.327 e. The molecule has 86 valence electrons. The van der Waals surface area contributed by atoms with Crippen molar-refractivity contribution >= 4 is 24.3 Å². The third-order valence-corrected chi connectivity index (χ3v) is 2.27. The summed E-state index contributed by atoms with van der Waals surface area (Å²) < 4.78 is 0. The van der Waals surface area contributed by atoms with Crippen LogP contribution in [0.25, 0.3) is 0 Å². The fourth-order valence-electron chi connectivity index (χ4n) is 1.49. The van der Waals surface area contributed by atoms with E-state index >= 15 is 0 Å². The van der Waals surface area contributed by atoms with Crippen molar-refractivity contribution < 1.29 is 14.7 Å². The van der Waals surface area contributed by atoms with Crippen LogP contribution in [0.4, 0.5) is 0 Å². The van der Waals surface area contributed by atoms with E-state index in [-0.39, 0.29) is 30.3 Å². The summed E-state index contributed by atoms with van der Waals surface area (Å²) >= 11 is 0. The number of allylic oxidation sites excluding steroid dienone is 1. The lowest BCUT2D eigenvalue weighted by atomic mass is 9.98. The van der Waals surface area contributed by atoms with Crippen LogP contribution in [0.5, 0.6) is 0 Å². The van der Waals surface area contributed by atoms with Crippen LogP contribution in [0.3, 0.4) is 0 Å². The standard InChI is InChI=1S/C9H14N2O3.ClH/c10-7-5-11-9(14)6(7)3-1-2-4-8(12)13;/h2,4,6-7H,1,3,5,10H2,(H,11,14)(H,12,13);1H/t6?,7-;/m1./s1. The molecule has 1 unspecified atom stereocenters. The minimum absolute atomic E-state index is 0. The summed E-state index contributed by atoms with van der Waals surface area (Å²) in [7, 11) is 0. The molecule has 0 radical (unpaired) electrons. The number of hydrogen-bond donors (Lipinski definition) is 3. The average molecular weight is 235 g/mol. The van der Waals surface area contributed by atoms with Crippen molar-refractivity contribution in [3.8, 4) is 0 Å². The van der Waals surface area contributed by atoms with Crippen molar-refractivity contribution in [3.05, 3.63) is 12.2 Å². The van der Waals surface area contributed by atoms with Gasteiger partial charge in [-0.2, -0.15) is 0 Å². The van der Waals surface area contributed by atoms with Crippen molar-refractivity contribution in [3.63, 3.8) is 0 Å². The average Bonchev–Trinajstić information content (AvgIpc) is 2.42. The molecule has 1 heterocycles. The molecular weight excluding hydrogens is 220 g/mol. The molecule has 1 saturated heterocycles. The molecule has 0 aromatic rings. The van der Waals surface area contributed by atoms with Gasteiger partial charge in [0.25, 0.3) is 0 Å². The zero-order chi connectivity index (χ0) is 10.6. The molecule has 0 saturated carbocycles. The molecule has 1 aliphatic heterocycles. The van der Waals surface area contributed by atoms with Crippen LogP contribution in [0, 0.1) is 5.92 Å². The molecule has 2 atom stereocenters. The van der Waals surface area contributed by atoms with Crippen LogP contribution in [0.1, 0.15) is 12.8 Å². The molecule has 5 nitrogen and oxygen atoms in total. The maximum absolute atomic E-state index is 11.2. The Balaban J connectivity index is 0.00000196. The van der Waals surface area contributed by atoms with E-state index in [0.29, 0.717) is 19.4 Å². The van der Waals surface area contributed by atoms with Crippen LogP contribution < -0.4 is 11.1 Å². The maximum Gasteiger partial charge on any atom is 0.327 e. The third kappa shape index (κ3) is 4.31. The molecule has 0 spiro atoms. The lowest BCUT2D eigenvalue weighted by molar-refractivity contribution is -0.131. The van der Waals surface area contributed by atoms with Gasteiger partial charge >= 0.3 is 5.97 Å². The van der Waals surface area contributed by atoms with Crippen LogP contribution >= 0.6 is 12.4 Å². The minimum Gasteiger partial charge on any atom is -0.478 e. The first-order valence-corrected chi connectivity index (χ1v) is 4.54. The molecular formula is C9H15ClN2O3. The number of hydrogen-bond acceptors (Lipinski definition) is 3. The maximum atomic E-state index is 11.2. The van der Waals surface area contributed by atoms with Gasteiger partial charge in [-0.15, -0.1) is 12.4 Å². The summed E-state index contributed by atoms with van der Waals surface area (Å²) in [6, 6.07) is -0.138. The van der Waals surface area contributed by atoms with E-state index in [1.807, 2.05) is 0 Å². The Kier molecular flexibility index (Phi) is 5.96. The van der Waals surface area contributed by atoms with E-state index in [0.717, 1.165) is 6.08 Å². The van der Waals surface area contributed by atoms with Crippen LogP contribution in [0.2, 0.25) is 0 Å². The number of aliphatic carboxylic acids is 1. The predicted molar refractivity (Wildman–Crippen MR) is 57.7 cm³/mol. The SMILES string of the molecule is Cl.N[C@@H]1CNC(=O)C1CCC=CC(=O)O. The third-order valence-electron chi connectivity index (χ3n) is 2.27. The highest BCUT2D eigenvalue weighted by molar-refractivity contribution is 5.85. The zero-order valence-electron chi connectivity index (χ0n) is 8.18. The zero-order valence-corrected chi connectivity index (χ0v) is 9.00. The van der Waals surface area contributed by atoms with Crippen molar-refractivity contribution in [2.75, 3.05) is 6.54 Å². The fraction of sp³-hybridized carbons (Fsp3) is 0.556. The first-order valence-electron chi connectivity index (χ1n) is 4.54. The number of carbonyl (C=O) groups excluding carboxylic acids is 1. The topological polar surface area (TPSA) is 92.4 Å². The minimum atomic E-state index is -0.967.